The van der Waals surface area contributed by atoms with E-state index < -0.39 is 12.0 Å². The van der Waals surface area contributed by atoms with Crippen LogP contribution in [0.5, 0.6) is 0 Å². The van der Waals surface area contributed by atoms with E-state index in [9.17, 15) is 9.59 Å². The van der Waals surface area contributed by atoms with E-state index in [0.29, 0.717) is 33.6 Å². The summed E-state index contributed by atoms with van der Waals surface area (Å²) in [6, 6.07) is 6.32. The van der Waals surface area contributed by atoms with E-state index in [-0.39, 0.29) is 12.6 Å². The third kappa shape index (κ3) is 4.45. The number of nitrogens with one attached hydrogen (secondary N) is 2. The van der Waals surface area contributed by atoms with Crippen molar-refractivity contribution >= 4 is 35.4 Å². The quantitative estimate of drug-likeness (QED) is 0.520. The van der Waals surface area contributed by atoms with Crippen LogP contribution in [-0.4, -0.2) is 50.6 Å². The molecule has 1 aliphatic heterocycles. The summed E-state index contributed by atoms with van der Waals surface area (Å²) in [6.45, 7) is 3.88. The van der Waals surface area contributed by atoms with Gasteiger partial charge in [0.15, 0.2) is 0 Å². The Morgan fingerprint density at radius 3 is 2.75 bits per heavy atom. The molecule has 148 valence electrons. The van der Waals surface area contributed by atoms with Gasteiger partial charge in [-0.2, -0.15) is 4.68 Å². The van der Waals surface area contributed by atoms with Crippen molar-refractivity contribution in [1.29, 1.82) is 0 Å². The molecule has 0 fully saturated rings. The van der Waals surface area contributed by atoms with Crippen LogP contribution in [0.3, 0.4) is 0 Å². The first-order valence-electron chi connectivity index (χ1n) is 8.68. The number of ether oxygens (including phenoxy) is 1. The number of urea groups is 1. The monoisotopic (exact) mass is 422 g/mol. The summed E-state index contributed by atoms with van der Waals surface area (Å²) < 4.78 is 6.73. The first kappa shape index (κ1) is 20.2. The summed E-state index contributed by atoms with van der Waals surface area (Å²) >= 11 is 7.22. The Kier molecular flexibility index (Phi) is 6.53. The molecule has 2 N–H and O–H groups in total. The van der Waals surface area contributed by atoms with Gasteiger partial charge in [-0.05, 0) is 48.0 Å². The van der Waals surface area contributed by atoms with Crippen molar-refractivity contribution in [2.45, 2.75) is 31.5 Å². The SMILES string of the molecule is CCOC(=O)C1=C(CSc2nnnn2-c2ccc(Cl)cc2)NC(=O)NC1CC. The standard InChI is InChI=1S/C17H19ClN6O3S/c1-3-12-14(15(25)27-4-2)13(20-16(26)19-12)9-28-17-21-22-23-24(17)11-7-5-10(18)6-8-11/h5-8,12H,3-4,9H2,1-2H3,(H2,19,20,26). The molecule has 1 aromatic heterocycles. The van der Waals surface area contributed by atoms with Crippen LogP contribution in [0.15, 0.2) is 40.7 Å². The lowest BCUT2D eigenvalue weighted by molar-refractivity contribution is -0.139. The number of nitrogens with zero attached hydrogens (tertiary/aromatic N) is 4. The van der Waals surface area contributed by atoms with E-state index in [1.807, 2.05) is 6.92 Å². The fraction of sp³-hybridized carbons (Fsp3) is 0.353. The molecule has 28 heavy (non-hydrogen) atoms. The average Bonchev–Trinajstić information content (AvgIpc) is 3.15. The minimum absolute atomic E-state index is 0.252. The molecule has 0 bridgehead atoms. The predicted molar refractivity (Wildman–Crippen MR) is 104 cm³/mol. The van der Waals surface area contributed by atoms with E-state index in [0.717, 1.165) is 5.69 Å². The van der Waals surface area contributed by atoms with Crippen molar-refractivity contribution in [3.63, 3.8) is 0 Å². The number of carbonyl (C=O) groups excluding carboxylic acids is 2. The number of tetrazole rings is 1. The number of hydrogen-bond acceptors (Lipinski definition) is 7. The minimum Gasteiger partial charge on any atom is -0.463 e. The van der Waals surface area contributed by atoms with E-state index in [2.05, 4.69) is 26.2 Å². The van der Waals surface area contributed by atoms with Gasteiger partial charge in [-0.15, -0.1) is 5.10 Å². The number of aromatic nitrogens is 4. The van der Waals surface area contributed by atoms with Gasteiger partial charge in [0.25, 0.3) is 0 Å². The summed E-state index contributed by atoms with van der Waals surface area (Å²) in [7, 11) is 0. The van der Waals surface area contributed by atoms with Gasteiger partial charge in [0.2, 0.25) is 5.16 Å². The zero-order valence-corrected chi connectivity index (χ0v) is 16.9. The maximum absolute atomic E-state index is 12.4. The predicted octanol–water partition coefficient (Wildman–Crippen LogP) is 2.32. The topological polar surface area (TPSA) is 111 Å². The van der Waals surface area contributed by atoms with Crippen LogP contribution in [0.1, 0.15) is 20.3 Å². The highest BCUT2D eigenvalue weighted by Crippen LogP contribution is 2.25. The lowest BCUT2D eigenvalue weighted by atomic mass is 10.0. The Hall–Kier alpha value is -2.59. The molecule has 2 aromatic rings. The fourth-order valence-electron chi connectivity index (χ4n) is 2.73. The molecule has 0 aliphatic carbocycles. The van der Waals surface area contributed by atoms with Gasteiger partial charge >= 0.3 is 12.0 Å². The summed E-state index contributed by atoms with van der Waals surface area (Å²) in [5.74, 6) is -0.152. The second-order valence-corrected chi connectivity index (χ2v) is 7.19. The fourth-order valence-corrected chi connectivity index (χ4v) is 3.71. The third-order valence-electron chi connectivity index (χ3n) is 4.00. The smallest absolute Gasteiger partial charge is 0.337 e. The molecule has 2 heterocycles. The Morgan fingerprint density at radius 2 is 2.07 bits per heavy atom. The van der Waals surface area contributed by atoms with Crippen molar-refractivity contribution in [2.75, 3.05) is 12.4 Å². The molecule has 0 radical (unpaired) electrons. The summed E-state index contributed by atoms with van der Waals surface area (Å²) in [4.78, 5) is 24.4. The Labute approximate surface area is 170 Å². The van der Waals surface area contributed by atoms with Gasteiger partial charge in [-0.3, -0.25) is 0 Å². The molecule has 3 rings (SSSR count). The lowest BCUT2D eigenvalue weighted by Gasteiger charge is -2.28. The number of esters is 1. The Bertz CT molecular complexity index is 899. The molecule has 9 nitrogen and oxygen atoms in total. The number of rotatable bonds is 7. The second-order valence-electron chi connectivity index (χ2n) is 5.81. The van der Waals surface area contributed by atoms with Gasteiger partial charge in [0.05, 0.1) is 23.9 Å². The molecular formula is C17H19ClN6O3S. The summed E-state index contributed by atoms with van der Waals surface area (Å²) in [5, 5.41) is 18.3. The molecule has 1 unspecified atom stereocenters. The van der Waals surface area contributed by atoms with Crippen molar-refractivity contribution < 1.29 is 14.3 Å². The highest BCUT2D eigenvalue weighted by molar-refractivity contribution is 7.99. The number of halogens is 1. The van der Waals surface area contributed by atoms with E-state index in [1.165, 1.54) is 11.8 Å². The molecule has 1 aromatic carbocycles. The zero-order valence-electron chi connectivity index (χ0n) is 15.3. The van der Waals surface area contributed by atoms with E-state index in [4.69, 9.17) is 16.3 Å². The minimum atomic E-state index is -0.449. The van der Waals surface area contributed by atoms with Gasteiger partial charge in [-0.25, -0.2) is 9.59 Å². The zero-order chi connectivity index (χ0) is 20.1. The molecule has 1 atom stereocenters. The number of thioether (sulfide) groups is 1. The van der Waals surface area contributed by atoms with Gasteiger partial charge in [-0.1, -0.05) is 30.3 Å². The van der Waals surface area contributed by atoms with Crippen LogP contribution in [0, 0.1) is 0 Å². The number of amides is 2. The van der Waals surface area contributed by atoms with E-state index >= 15 is 0 Å². The van der Waals surface area contributed by atoms with Gasteiger partial charge in [0.1, 0.15) is 0 Å². The van der Waals surface area contributed by atoms with Crippen molar-refractivity contribution in [2.24, 2.45) is 0 Å². The largest absolute Gasteiger partial charge is 0.463 e. The molecular weight excluding hydrogens is 404 g/mol. The van der Waals surface area contributed by atoms with Gasteiger partial charge in [0, 0.05) is 16.5 Å². The van der Waals surface area contributed by atoms with Crippen LogP contribution in [0.2, 0.25) is 5.02 Å². The highest BCUT2D eigenvalue weighted by Gasteiger charge is 2.31. The first-order valence-corrected chi connectivity index (χ1v) is 10.0. The average molecular weight is 423 g/mol. The maximum atomic E-state index is 12.4. The summed E-state index contributed by atoms with van der Waals surface area (Å²) in [6.07, 6.45) is 0.568. The maximum Gasteiger partial charge on any atom is 0.337 e. The number of hydrogen-bond donors (Lipinski definition) is 2. The highest BCUT2D eigenvalue weighted by atomic mass is 35.5. The van der Waals surface area contributed by atoms with Crippen molar-refractivity contribution in [1.82, 2.24) is 30.8 Å². The van der Waals surface area contributed by atoms with Crippen LogP contribution in [-0.2, 0) is 9.53 Å². The molecule has 11 heteroatoms. The van der Waals surface area contributed by atoms with Gasteiger partial charge < -0.3 is 15.4 Å². The molecule has 2 amide bonds. The second kappa shape index (κ2) is 9.07. The summed E-state index contributed by atoms with van der Waals surface area (Å²) in [5.41, 5.74) is 1.66. The van der Waals surface area contributed by atoms with Crippen LogP contribution in [0.25, 0.3) is 5.69 Å². The van der Waals surface area contributed by atoms with Crippen molar-refractivity contribution in [3.8, 4) is 5.69 Å². The lowest BCUT2D eigenvalue weighted by Crippen LogP contribution is -2.50. The molecule has 0 saturated heterocycles. The molecule has 0 saturated carbocycles. The van der Waals surface area contributed by atoms with Crippen LogP contribution < -0.4 is 10.6 Å². The van der Waals surface area contributed by atoms with E-state index in [1.54, 1.807) is 35.9 Å². The molecule has 0 spiro atoms. The number of benzene rings is 1. The third-order valence-corrected chi connectivity index (χ3v) is 5.20. The van der Waals surface area contributed by atoms with Crippen LogP contribution in [0.4, 0.5) is 4.79 Å². The molecule has 1 aliphatic rings. The Morgan fingerprint density at radius 1 is 1.32 bits per heavy atom. The number of carbonyl (C=O) groups is 2. The van der Waals surface area contributed by atoms with Crippen molar-refractivity contribution in [3.05, 3.63) is 40.6 Å². The first-order chi connectivity index (χ1) is 13.5. The van der Waals surface area contributed by atoms with Crippen LogP contribution >= 0.6 is 23.4 Å². The normalized spacial score (nSPS) is 16.5. The Balaban J connectivity index is 1.85.